The number of nitrogens with zero attached hydrogens (tertiary/aromatic N) is 3. The van der Waals surface area contributed by atoms with Gasteiger partial charge in [0, 0.05) is 11.5 Å². The number of nitrogens with two attached hydrogens (primary N) is 1. The van der Waals surface area contributed by atoms with E-state index in [1.165, 1.54) is 0 Å². The minimum atomic E-state index is -1.64. The molecule has 0 saturated carbocycles. The van der Waals surface area contributed by atoms with Crippen molar-refractivity contribution in [3.05, 3.63) is 64.9 Å². The van der Waals surface area contributed by atoms with Crippen molar-refractivity contribution in [3.63, 3.8) is 0 Å². The third-order valence-electron chi connectivity index (χ3n) is 6.34. The van der Waals surface area contributed by atoms with E-state index in [1.54, 1.807) is 0 Å². The minimum absolute atomic E-state index is 0.0554. The van der Waals surface area contributed by atoms with Crippen LogP contribution in [0.3, 0.4) is 0 Å². The van der Waals surface area contributed by atoms with E-state index in [1.807, 2.05) is 43.3 Å². The largest absolute Gasteiger partial charge is 0.494 e. The molecular formula is C25H22N4O. The molecule has 5 nitrogen and oxygen atoms in total. The topological polar surface area (TPSA) is 107 Å². The lowest BCUT2D eigenvalue weighted by atomic mass is 9.56. The zero-order chi connectivity index (χ0) is 21.3. The van der Waals surface area contributed by atoms with E-state index in [2.05, 4.69) is 24.3 Å². The lowest BCUT2D eigenvalue weighted by Gasteiger charge is -2.44. The number of hydrogen-bond donors (Lipinski definition) is 1. The SMILES string of the molecule is CCOc1ccc2ccccc2c1C1C2CCCC=C2C(C#N)=C(N)C1(C#N)C#N. The molecule has 2 aromatic carbocycles. The first kappa shape index (κ1) is 19.6. The zero-order valence-corrected chi connectivity index (χ0v) is 16.9. The van der Waals surface area contributed by atoms with Crippen LogP contribution < -0.4 is 10.5 Å². The third-order valence-corrected chi connectivity index (χ3v) is 6.34. The summed E-state index contributed by atoms with van der Waals surface area (Å²) in [5.41, 5.74) is 6.82. The standard InChI is InChI=1S/C25H22N4O/c1-2-30-21-12-11-16-7-3-4-8-17(16)22(21)23-19-10-6-5-9-18(19)20(13-26)24(29)25(23,14-27)15-28/h3-4,7-9,11-12,19,23H,2,5-6,10,29H2,1H3. The molecule has 0 amide bonds. The van der Waals surface area contributed by atoms with Crippen LogP contribution in [0, 0.1) is 45.3 Å². The highest BCUT2D eigenvalue weighted by atomic mass is 16.5. The molecule has 2 atom stereocenters. The summed E-state index contributed by atoms with van der Waals surface area (Å²) in [6.45, 7) is 2.38. The van der Waals surface area contributed by atoms with Gasteiger partial charge in [-0.2, -0.15) is 15.8 Å². The number of fused-ring (bicyclic) bond motifs is 2. The van der Waals surface area contributed by atoms with Gasteiger partial charge in [0.1, 0.15) is 11.8 Å². The Balaban J connectivity index is 2.13. The highest BCUT2D eigenvalue weighted by Crippen LogP contribution is 2.58. The quantitative estimate of drug-likeness (QED) is 0.802. The van der Waals surface area contributed by atoms with Gasteiger partial charge >= 0.3 is 0 Å². The molecule has 2 aliphatic carbocycles. The van der Waals surface area contributed by atoms with Gasteiger partial charge in [-0.15, -0.1) is 0 Å². The van der Waals surface area contributed by atoms with E-state index >= 15 is 0 Å². The first-order valence-corrected chi connectivity index (χ1v) is 10.2. The van der Waals surface area contributed by atoms with Crippen LogP contribution >= 0.6 is 0 Å². The second-order valence-corrected chi connectivity index (χ2v) is 7.74. The van der Waals surface area contributed by atoms with Crippen LogP contribution in [0.15, 0.2) is 59.3 Å². The van der Waals surface area contributed by atoms with E-state index in [9.17, 15) is 15.8 Å². The van der Waals surface area contributed by atoms with Gasteiger partial charge in [0.25, 0.3) is 0 Å². The number of allylic oxidation sites excluding steroid dienone is 4. The Morgan fingerprint density at radius 2 is 1.90 bits per heavy atom. The molecule has 2 unspecified atom stereocenters. The molecule has 0 saturated heterocycles. The van der Waals surface area contributed by atoms with Gasteiger partial charge in [-0.3, -0.25) is 0 Å². The Bertz CT molecular complexity index is 1190. The average Bonchev–Trinajstić information content (AvgIpc) is 2.79. The molecule has 0 bridgehead atoms. The molecule has 0 heterocycles. The van der Waals surface area contributed by atoms with E-state index < -0.39 is 11.3 Å². The van der Waals surface area contributed by atoms with Crippen molar-refractivity contribution in [2.75, 3.05) is 6.61 Å². The van der Waals surface area contributed by atoms with Crippen LogP contribution in [-0.4, -0.2) is 6.61 Å². The molecule has 4 rings (SSSR count). The summed E-state index contributed by atoms with van der Waals surface area (Å²) >= 11 is 0. The first-order chi connectivity index (χ1) is 14.6. The third kappa shape index (κ3) is 2.66. The fourth-order valence-electron chi connectivity index (χ4n) is 5.06. The van der Waals surface area contributed by atoms with E-state index in [0.29, 0.717) is 12.4 Å². The van der Waals surface area contributed by atoms with Crippen LogP contribution in [0.2, 0.25) is 0 Å². The molecule has 30 heavy (non-hydrogen) atoms. The van der Waals surface area contributed by atoms with Crippen molar-refractivity contribution in [3.8, 4) is 24.0 Å². The Hall–Kier alpha value is -3.75. The van der Waals surface area contributed by atoms with Crippen molar-refractivity contribution in [1.82, 2.24) is 0 Å². The Morgan fingerprint density at radius 3 is 2.60 bits per heavy atom. The minimum Gasteiger partial charge on any atom is -0.494 e. The van der Waals surface area contributed by atoms with Crippen molar-refractivity contribution >= 4 is 10.8 Å². The highest BCUT2D eigenvalue weighted by molar-refractivity contribution is 5.89. The molecule has 0 aliphatic heterocycles. The number of nitriles is 3. The number of rotatable bonds is 3. The lowest BCUT2D eigenvalue weighted by molar-refractivity contribution is 0.293. The number of benzene rings is 2. The monoisotopic (exact) mass is 394 g/mol. The fraction of sp³-hybridized carbons (Fsp3) is 0.320. The predicted octanol–water partition coefficient (Wildman–Crippen LogP) is 4.83. The molecule has 0 fully saturated rings. The lowest BCUT2D eigenvalue weighted by Crippen LogP contribution is -2.43. The summed E-state index contributed by atoms with van der Waals surface area (Å²) < 4.78 is 5.99. The summed E-state index contributed by atoms with van der Waals surface area (Å²) in [7, 11) is 0. The molecule has 2 N–H and O–H groups in total. The smallest absolute Gasteiger partial charge is 0.191 e. The normalized spacial score (nSPS) is 22.3. The number of ether oxygens (including phenoxy) is 1. The maximum Gasteiger partial charge on any atom is 0.191 e. The van der Waals surface area contributed by atoms with E-state index in [-0.39, 0.29) is 17.2 Å². The van der Waals surface area contributed by atoms with Gasteiger partial charge in [-0.05, 0) is 54.5 Å². The Labute approximate surface area is 176 Å². The fourth-order valence-corrected chi connectivity index (χ4v) is 5.06. The molecule has 5 heteroatoms. The van der Waals surface area contributed by atoms with Gasteiger partial charge in [0.15, 0.2) is 5.41 Å². The van der Waals surface area contributed by atoms with E-state index in [0.717, 1.165) is 41.2 Å². The van der Waals surface area contributed by atoms with Crippen LogP contribution in [0.1, 0.15) is 37.7 Å². The van der Waals surface area contributed by atoms with Gasteiger partial charge in [0.05, 0.1) is 30.0 Å². The molecule has 0 radical (unpaired) electrons. The second kappa shape index (κ2) is 7.58. The second-order valence-electron chi connectivity index (χ2n) is 7.74. The summed E-state index contributed by atoms with van der Waals surface area (Å²) in [6, 6.07) is 18.4. The van der Waals surface area contributed by atoms with E-state index in [4.69, 9.17) is 10.5 Å². The van der Waals surface area contributed by atoms with Crippen LogP contribution in [-0.2, 0) is 0 Å². The maximum absolute atomic E-state index is 10.3. The molecule has 148 valence electrons. The van der Waals surface area contributed by atoms with Gasteiger partial charge in [-0.25, -0.2) is 0 Å². The van der Waals surface area contributed by atoms with Crippen molar-refractivity contribution in [2.45, 2.75) is 32.1 Å². The molecule has 0 aromatic heterocycles. The Morgan fingerprint density at radius 1 is 1.13 bits per heavy atom. The maximum atomic E-state index is 10.3. The van der Waals surface area contributed by atoms with Crippen LogP contribution in [0.5, 0.6) is 5.75 Å². The van der Waals surface area contributed by atoms with Crippen LogP contribution in [0.25, 0.3) is 10.8 Å². The number of hydrogen-bond acceptors (Lipinski definition) is 5. The van der Waals surface area contributed by atoms with Crippen molar-refractivity contribution < 1.29 is 4.74 Å². The summed E-state index contributed by atoms with van der Waals surface area (Å²) in [5.74, 6) is -0.0111. The zero-order valence-electron chi connectivity index (χ0n) is 16.9. The first-order valence-electron chi connectivity index (χ1n) is 10.2. The molecule has 2 aromatic rings. The average molecular weight is 394 g/mol. The van der Waals surface area contributed by atoms with Gasteiger partial charge in [0.2, 0.25) is 0 Å². The van der Waals surface area contributed by atoms with Crippen molar-refractivity contribution in [1.29, 1.82) is 15.8 Å². The van der Waals surface area contributed by atoms with Gasteiger partial charge < -0.3 is 10.5 Å². The summed E-state index contributed by atoms with van der Waals surface area (Å²) in [6.07, 6.45) is 4.63. The van der Waals surface area contributed by atoms with Crippen molar-refractivity contribution in [2.24, 2.45) is 17.1 Å². The summed E-state index contributed by atoms with van der Waals surface area (Å²) in [4.78, 5) is 0. The Kier molecular flexibility index (Phi) is 4.94. The molecule has 0 spiro atoms. The molecule has 2 aliphatic rings. The van der Waals surface area contributed by atoms with Crippen LogP contribution in [0.4, 0.5) is 0 Å². The predicted molar refractivity (Wildman–Crippen MR) is 114 cm³/mol. The summed E-state index contributed by atoms with van der Waals surface area (Å²) in [5, 5.41) is 32.3. The highest BCUT2D eigenvalue weighted by Gasteiger charge is 2.54. The van der Waals surface area contributed by atoms with Gasteiger partial charge in [-0.1, -0.05) is 36.4 Å². The molecular weight excluding hydrogens is 372 g/mol.